The molecule has 7 nitrogen and oxygen atoms in total. The number of carbonyl (C=O) groups excluding carboxylic acids is 1. The van der Waals surface area contributed by atoms with Crippen LogP contribution in [0.5, 0.6) is 5.75 Å². The van der Waals surface area contributed by atoms with Gasteiger partial charge in [-0.2, -0.15) is 5.10 Å². The summed E-state index contributed by atoms with van der Waals surface area (Å²) in [5, 5.41) is 23.0. The molecule has 1 saturated carbocycles. The monoisotopic (exact) mass is 449 g/mol. The third-order valence-electron chi connectivity index (χ3n) is 5.54. The van der Waals surface area contributed by atoms with Gasteiger partial charge in [-0.1, -0.05) is 60.9 Å². The number of phenolic OH excluding ortho intramolecular Hbond substituents is 1. The van der Waals surface area contributed by atoms with Crippen molar-refractivity contribution in [3.8, 4) is 17.1 Å². The molecule has 2 N–H and O–H groups in total. The van der Waals surface area contributed by atoms with Gasteiger partial charge in [0.1, 0.15) is 5.75 Å². The van der Waals surface area contributed by atoms with Crippen LogP contribution in [0.25, 0.3) is 11.4 Å². The number of hydrazone groups is 1. The quantitative estimate of drug-likeness (QED) is 0.310. The van der Waals surface area contributed by atoms with E-state index in [0.29, 0.717) is 6.04 Å². The second-order valence-electron chi connectivity index (χ2n) is 8.01. The van der Waals surface area contributed by atoms with Crippen molar-refractivity contribution >= 4 is 23.9 Å². The Kier molecular flexibility index (Phi) is 7.21. The predicted molar refractivity (Wildman–Crippen MR) is 127 cm³/mol. The zero-order chi connectivity index (χ0) is 22.3. The molecule has 1 aromatic heterocycles. The third-order valence-corrected chi connectivity index (χ3v) is 6.49. The van der Waals surface area contributed by atoms with E-state index in [1.165, 1.54) is 36.6 Å². The summed E-state index contributed by atoms with van der Waals surface area (Å²) >= 11 is 1.39. The predicted octanol–water partition coefficient (Wildman–Crippen LogP) is 4.71. The van der Waals surface area contributed by atoms with E-state index in [-0.39, 0.29) is 17.4 Å². The summed E-state index contributed by atoms with van der Waals surface area (Å²) in [4.78, 5) is 12.3. The van der Waals surface area contributed by atoms with Gasteiger partial charge in [-0.25, -0.2) is 5.43 Å². The first-order valence-corrected chi connectivity index (χ1v) is 11.8. The Morgan fingerprint density at radius 1 is 1.12 bits per heavy atom. The number of aryl methyl sites for hydroxylation is 1. The molecule has 0 spiro atoms. The number of nitrogens with one attached hydrogen (secondary N) is 1. The zero-order valence-electron chi connectivity index (χ0n) is 18.1. The van der Waals surface area contributed by atoms with E-state index in [1.807, 2.05) is 0 Å². The van der Waals surface area contributed by atoms with Gasteiger partial charge in [-0.15, -0.1) is 10.2 Å². The molecular weight excluding hydrogens is 422 g/mol. The van der Waals surface area contributed by atoms with Crippen LogP contribution in [0, 0.1) is 6.92 Å². The van der Waals surface area contributed by atoms with Gasteiger partial charge in [-0.05, 0) is 49.6 Å². The fraction of sp³-hybridized carbons (Fsp3) is 0.333. The third kappa shape index (κ3) is 5.56. The molecule has 1 fully saturated rings. The molecule has 0 aliphatic heterocycles. The lowest BCUT2D eigenvalue weighted by Crippen LogP contribution is -2.20. The van der Waals surface area contributed by atoms with Gasteiger partial charge in [0, 0.05) is 11.6 Å². The standard InChI is InChI=1S/C24H27N5O2S/c1-17-7-11-19(12-8-17)23-27-28-24(29(23)20-5-3-2-4-6-20)32-16-22(31)26-25-15-18-9-13-21(30)14-10-18/h7-15,20,30H,2-6,16H2,1H3,(H,26,31). The lowest BCUT2D eigenvalue weighted by Gasteiger charge is -2.25. The molecule has 166 valence electrons. The Balaban J connectivity index is 1.44. The number of nitrogens with zero attached hydrogens (tertiary/aromatic N) is 4. The normalized spacial score (nSPS) is 14.7. The number of hydrogen-bond acceptors (Lipinski definition) is 6. The van der Waals surface area contributed by atoms with Gasteiger partial charge in [0.25, 0.3) is 5.91 Å². The van der Waals surface area contributed by atoms with Gasteiger partial charge in [0.2, 0.25) is 0 Å². The molecule has 0 bridgehead atoms. The highest BCUT2D eigenvalue weighted by Gasteiger charge is 2.24. The van der Waals surface area contributed by atoms with Crippen molar-refractivity contribution in [1.29, 1.82) is 0 Å². The van der Waals surface area contributed by atoms with Gasteiger partial charge >= 0.3 is 0 Å². The van der Waals surface area contributed by atoms with Crippen LogP contribution >= 0.6 is 11.8 Å². The van der Waals surface area contributed by atoms with Gasteiger partial charge in [0.05, 0.1) is 12.0 Å². The second kappa shape index (κ2) is 10.5. The Hall–Kier alpha value is -3.13. The number of carbonyl (C=O) groups is 1. The summed E-state index contributed by atoms with van der Waals surface area (Å²) in [6, 6.07) is 15.3. The summed E-state index contributed by atoms with van der Waals surface area (Å²) in [6.07, 6.45) is 7.42. The van der Waals surface area contributed by atoms with Crippen LogP contribution in [-0.4, -0.2) is 37.7 Å². The summed E-state index contributed by atoms with van der Waals surface area (Å²) in [7, 11) is 0. The van der Waals surface area contributed by atoms with Gasteiger partial charge in [-0.3, -0.25) is 9.36 Å². The molecule has 1 aliphatic carbocycles. The van der Waals surface area contributed by atoms with E-state index in [1.54, 1.807) is 30.5 Å². The minimum absolute atomic E-state index is 0.190. The number of aromatic nitrogens is 3. The van der Waals surface area contributed by atoms with Gasteiger partial charge in [0.15, 0.2) is 11.0 Å². The minimum atomic E-state index is -0.208. The molecule has 0 atom stereocenters. The number of benzene rings is 2. The molecule has 0 saturated heterocycles. The molecule has 4 rings (SSSR count). The van der Waals surface area contributed by atoms with Crippen LogP contribution in [0.4, 0.5) is 0 Å². The number of thioether (sulfide) groups is 1. The molecule has 0 unspecified atom stereocenters. The Bertz CT molecular complexity index is 1070. The maximum atomic E-state index is 12.3. The lowest BCUT2D eigenvalue weighted by atomic mass is 9.95. The molecule has 1 heterocycles. The maximum Gasteiger partial charge on any atom is 0.250 e. The zero-order valence-corrected chi connectivity index (χ0v) is 18.9. The van der Waals surface area contributed by atoms with E-state index >= 15 is 0 Å². The highest BCUT2D eigenvalue weighted by molar-refractivity contribution is 7.99. The fourth-order valence-corrected chi connectivity index (χ4v) is 4.64. The SMILES string of the molecule is Cc1ccc(-c2nnc(SCC(=O)NN=Cc3ccc(O)cc3)n2C2CCCCC2)cc1. The van der Waals surface area contributed by atoms with Crippen LogP contribution in [0.3, 0.4) is 0 Å². The fourth-order valence-electron chi connectivity index (χ4n) is 3.84. The van der Waals surface area contributed by atoms with Gasteiger partial charge < -0.3 is 5.11 Å². The van der Waals surface area contributed by atoms with Crippen molar-refractivity contribution < 1.29 is 9.90 Å². The van der Waals surface area contributed by atoms with Crippen molar-refractivity contribution in [3.63, 3.8) is 0 Å². The topological polar surface area (TPSA) is 92.4 Å². The van der Waals surface area contributed by atoms with Crippen molar-refractivity contribution in [2.75, 3.05) is 5.75 Å². The van der Waals surface area contributed by atoms with E-state index in [2.05, 4.69) is 56.5 Å². The van der Waals surface area contributed by atoms with Crippen LogP contribution in [0.2, 0.25) is 0 Å². The van der Waals surface area contributed by atoms with Crippen molar-refractivity contribution in [2.24, 2.45) is 5.10 Å². The second-order valence-corrected chi connectivity index (χ2v) is 8.95. The lowest BCUT2D eigenvalue weighted by molar-refractivity contribution is -0.118. The first kappa shape index (κ1) is 22.1. The average molecular weight is 450 g/mol. The number of hydrogen-bond donors (Lipinski definition) is 2. The Morgan fingerprint density at radius 3 is 2.56 bits per heavy atom. The van der Waals surface area contributed by atoms with E-state index in [0.717, 1.165) is 34.9 Å². The first-order chi connectivity index (χ1) is 15.6. The summed E-state index contributed by atoms with van der Waals surface area (Å²) < 4.78 is 2.22. The molecule has 1 amide bonds. The Labute approximate surface area is 192 Å². The molecule has 1 aliphatic rings. The number of amides is 1. The first-order valence-electron chi connectivity index (χ1n) is 10.9. The molecule has 32 heavy (non-hydrogen) atoms. The maximum absolute atomic E-state index is 12.3. The number of aromatic hydroxyl groups is 1. The highest BCUT2D eigenvalue weighted by Crippen LogP contribution is 2.35. The van der Waals surface area contributed by atoms with Crippen molar-refractivity contribution in [1.82, 2.24) is 20.2 Å². The molecule has 8 heteroatoms. The van der Waals surface area contributed by atoms with E-state index in [9.17, 15) is 9.90 Å². The summed E-state index contributed by atoms with van der Waals surface area (Å²) in [5.74, 6) is 1.05. The van der Waals surface area contributed by atoms with E-state index < -0.39 is 0 Å². The van der Waals surface area contributed by atoms with Crippen LogP contribution in [-0.2, 0) is 4.79 Å². The number of phenols is 1. The smallest absolute Gasteiger partial charge is 0.250 e. The number of rotatable bonds is 7. The average Bonchev–Trinajstić information content (AvgIpc) is 3.24. The van der Waals surface area contributed by atoms with Crippen LogP contribution in [0.1, 0.15) is 49.3 Å². The molecule has 0 radical (unpaired) electrons. The van der Waals surface area contributed by atoms with Crippen molar-refractivity contribution in [2.45, 2.75) is 50.2 Å². The van der Waals surface area contributed by atoms with Crippen LogP contribution < -0.4 is 5.43 Å². The largest absolute Gasteiger partial charge is 0.508 e. The van der Waals surface area contributed by atoms with E-state index in [4.69, 9.17) is 0 Å². The summed E-state index contributed by atoms with van der Waals surface area (Å²) in [6.45, 7) is 2.07. The van der Waals surface area contributed by atoms with Crippen molar-refractivity contribution in [3.05, 3.63) is 59.7 Å². The van der Waals surface area contributed by atoms with Crippen LogP contribution in [0.15, 0.2) is 58.8 Å². The highest BCUT2D eigenvalue weighted by atomic mass is 32.2. The molecular formula is C24H27N5O2S. The summed E-state index contributed by atoms with van der Waals surface area (Å²) in [5.41, 5.74) is 5.59. The minimum Gasteiger partial charge on any atom is -0.508 e. The molecule has 3 aromatic rings. The molecule has 2 aromatic carbocycles. The Morgan fingerprint density at radius 2 is 1.84 bits per heavy atom.